The van der Waals surface area contributed by atoms with Crippen LogP contribution in [0, 0.1) is 0 Å². The molecule has 0 aliphatic carbocycles. The molecular formula is C17H16F3NO. The summed E-state index contributed by atoms with van der Waals surface area (Å²) < 4.78 is 36.6. The van der Waals surface area contributed by atoms with Crippen LogP contribution in [0.2, 0.25) is 0 Å². The van der Waals surface area contributed by atoms with Crippen LogP contribution in [0.25, 0.3) is 0 Å². The summed E-state index contributed by atoms with van der Waals surface area (Å²) in [6, 6.07) is 16.4. The maximum atomic E-state index is 12.2. The first kappa shape index (κ1) is 16.1. The third kappa shape index (κ3) is 3.87. The Balaban J connectivity index is 2.16. The number of alkyl halides is 3. The summed E-state index contributed by atoms with van der Waals surface area (Å²) in [6.45, 7) is 2.05. The molecule has 0 saturated carbocycles. The van der Waals surface area contributed by atoms with E-state index in [-0.39, 0.29) is 11.6 Å². The lowest BCUT2D eigenvalue weighted by Gasteiger charge is -2.16. The van der Waals surface area contributed by atoms with Gasteiger partial charge in [-0.1, -0.05) is 49.4 Å². The van der Waals surface area contributed by atoms with Crippen molar-refractivity contribution >= 4 is 11.6 Å². The molecule has 0 radical (unpaired) electrons. The van der Waals surface area contributed by atoms with Crippen LogP contribution < -0.4 is 5.32 Å². The van der Waals surface area contributed by atoms with Crippen molar-refractivity contribution in [3.63, 3.8) is 0 Å². The Morgan fingerprint density at radius 3 is 2.05 bits per heavy atom. The Kier molecular flexibility index (Phi) is 4.85. The molecule has 1 amide bonds. The highest BCUT2D eigenvalue weighted by Gasteiger charge is 2.38. The number of carbonyl (C=O) groups is 1. The second kappa shape index (κ2) is 6.64. The van der Waals surface area contributed by atoms with E-state index in [0.717, 1.165) is 17.5 Å². The summed E-state index contributed by atoms with van der Waals surface area (Å²) in [4.78, 5) is 10.9. The van der Waals surface area contributed by atoms with E-state index in [2.05, 4.69) is 6.92 Å². The Morgan fingerprint density at radius 1 is 1.00 bits per heavy atom. The van der Waals surface area contributed by atoms with Gasteiger partial charge in [0.1, 0.15) is 0 Å². The van der Waals surface area contributed by atoms with Crippen molar-refractivity contribution in [1.29, 1.82) is 0 Å². The lowest BCUT2D eigenvalue weighted by Crippen LogP contribution is -2.29. The van der Waals surface area contributed by atoms with E-state index in [1.165, 1.54) is 12.1 Å². The van der Waals surface area contributed by atoms with Gasteiger partial charge < -0.3 is 5.32 Å². The fourth-order valence-electron chi connectivity index (χ4n) is 2.35. The van der Waals surface area contributed by atoms with Crippen LogP contribution in [0.15, 0.2) is 54.6 Å². The molecule has 0 fully saturated rings. The fraction of sp³-hybridized carbons (Fsp3) is 0.235. The van der Waals surface area contributed by atoms with Crippen molar-refractivity contribution in [2.45, 2.75) is 25.4 Å². The molecule has 1 N–H and O–H groups in total. The molecule has 116 valence electrons. The molecule has 0 heterocycles. The maximum Gasteiger partial charge on any atom is 0.471 e. The molecule has 1 atom stereocenters. The van der Waals surface area contributed by atoms with Gasteiger partial charge in [-0.3, -0.25) is 4.79 Å². The van der Waals surface area contributed by atoms with Gasteiger partial charge in [-0.05, 0) is 29.7 Å². The normalized spacial score (nSPS) is 12.7. The van der Waals surface area contributed by atoms with Crippen molar-refractivity contribution in [2.75, 3.05) is 5.32 Å². The number of nitrogens with one attached hydrogen (secondary N) is 1. The predicted octanol–water partition coefficient (Wildman–Crippen LogP) is 4.73. The third-order valence-corrected chi connectivity index (χ3v) is 3.44. The molecule has 0 aromatic heterocycles. The quantitative estimate of drug-likeness (QED) is 0.869. The van der Waals surface area contributed by atoms with Gasteiger partial charge in [-0.25, -0.2) is 0 Å². The van der Waals surface area contributed by atoms with Crippen molar-refractivity contribution in [3.8, 4) is 0 Å². The molecule has 2 nitrogen and oxygen atoms in total. The SMILES string of the molecule is CC[C@H](c1ccccc1)c1ccc(NC(=O)C(F)(F)F)cc1. The standard InChI is InChI=1S/C17H16F3NO/c1-2-15(12-6-4-3-5-7-12)13-8-10-14(11-9-13)21-16(22)17(18,19)20/h3-11,15H,2H2,1H3,(H,21,22)/t15-/m1/s1. The first-order valence-electron chi connectivity index (χ1n) is 6.95. The number of rotatable bonds is 4. The summed E-state index contributed by atoms with van der Waals surface area (Å²) in [5.74, 6) is -1.79. The van der Waals surface area contributed by atoms with E-state index < -0.39 is 12.1 Å². The molecule has 0 bridgehead atoms. The van der Waals surface area contributed by atoms with E-state index in [1.807, 2.05) is 35.6 Å². The fourth-order valence-corrected chi connectivity index (χ4v) is 2.35. The molecule has 22 heavy (non-hydrogen) atoms. The second-order valence-corrected chi connectivity index (χ2v) is 4.95. The number of halogens is 3. The number of hydrogen-bond acceptors (Lipinski definition) is 1. The van der Waals surface area contributed by atoms with Crippen LogP contribution >= 0.6 is 0 Å². The van der Waals surface area contributed by atoms with Gasteiger partial charge in [0.2, 0.25) is 0 Å². The second-order valence-electron chi connectivity index (χ2n) is 4.95. The monoisotopic (exact) mass is 307 g/mol. The number of carbonyl (C=O) groups excluding carboxylic acids is 1. The first-order valence-corrected chi connectivity index (χ1v) is 6.95. The van der Waals surface area contributed by atoms with E-state index in [4.69, 9.17) is 0 Å². The van der Waals surface area contributed by atoms with E-state index in [9.17, 15) is 18.0 Å². The number of hydrogen-bond donors (Lipinski definition) is 1. The Bertz CT molecular complexity index is 621. The van der Waals surface area contributed by atoms with E-state index in [1.54, 1.807) is 12.1 Å². The maximum absolute atomic E-state index is 12.2. The molecule has 0 aliphatic heterocycles. The largest absolute Gasteiger partial charge is 0.471 e. The Hall–Kier alpha value is -2.30. The molecule has 0 unspecified atom stereocenters. The van der Waals surface area contributed by atoms with Gasteiger partial charge in [0, 0.05) is 11.6 Å². The van der Waals surface area contributed by atoms with Crippen molar-refractivity contribution in [2.24, 2.45) is 0 Å². The molecule has 0 spiro atoms. The highest BCUT2D eigenvalue weighted by atomic mass is 19.4. The minimum absolute atomic E-state index is 0.133. The van der Waals surface area contributed by atoms with Crippen molar-refractivity contribution < 1.29 is 18.0 Å². The van der Waals surface area contributed by atoms with Crippen LogP contribution in [-0.4, -0.2) is 12.1 Å². The van der Waals surface area contributed by atoms with E-state index >= 15 is 0 Å². The molecular weight excluding hydrogens is 291 g/mol. The van der Waals surface area contributed by atoms with Gasteiger partial charge in [-0.15, -0.1) is 0 Å². The highest BCUT2D eigenvalue weighted by molar-refractivity contribution is 5.94. The average molecular weight is 307 g/mol. The predicted molar refractivity (Wildman–Crippen MR) is 79.7 cm³/mol. The zero-order chi connectivity index (χ0) is 16.2. The zero-order valence-corrected chi connectivity index (χ0v) is 12.0. The molecule has 0 saturated heterocycles. The Labute approximate surface area is 127 Å². The van der Waals surface area contributed by atoms with Crippen LogP contribution in [0.5, 0.6) is 0 Å². The smallest absolute Gasteiger partial charge is 0.318 e. The van der Waals surface area contributed by atoms with Crippen molar-refractivity contribution in [3.05, 3.63) is 65.7 Å². The summed E-state index contributed by atoms with van der Waals surface area (Å²) in [7, 11) is 0. The van der Waals surface area contributed by atoms with Crippen LogP contribution in [0.4, 0.5) is 18.9 Å². The molecule has 5 heteroatoms. The zero-order valence-electron chi connectivity index (χ0n) is 12.0. The highest BCUT2D eigenvalue weighted by Crippen LogP contribution is 2.28. The van der Waals surface area contributed by atoms with Gasteiger partial charge in [0.05, 0.1) is 0 Å². The lowest BCUT2D eigenvalue weighted by molar-refractivity contribution is -0.167. The first-order chi connectivity index (χ1) is 10.4. The minimum Gasteiger partial charge on any atom is -0.318 e. The lowest BCUT2D eigenvalue weighted by atomic mass is 9.89. The molecule has 2 rings (SSSR count). The van der Waals surface area contributed by atoms with Crippen LogP contribution in [0.3, 0.4) is 0 Å². The summed E-state index contributed by atoms with van der Waals surface area (Å²) in [6.07, 6.45) is -4.01. The number of amides is 1. The van der Waals surface area contributed by atoms with E-state index in [0.29, 0.717) is 0 Å². The number of benzene rings is 2. The van der Waals surface area contributed by atoms with Crippen LogP contribution in [0.1, 0.15) is 30.4 Å². The average Bonchev–Trinajstić information content (AvgIpc) is 2.50. The Morgan fingerprint density at radius 2 is 1.55 bits per heavy atom. The van der Waals surface area contributed by atoms with Gasteiger partial charge >= 0.3 is 12.1 Å². The summed E-state index contributed by atoms with van der Waals surface area (Å²) >= 11 is 0. The minimum atomic E-state index is -4.88. The third-order valence-electron chi connectivity index (χ3n) is 3.44. The topological polar surface area (TPSA) is 29.1 Å². The van der Waals surface area contributed by atoms with Gasteiger partial charge in [0.15, 0.2) is 0 Å². The number of anilines is 1. The molecule has 2 aromatic rings. The van der Waals surface area contributed by atoms with Gasteiger partial charge in [-0.2, -0.15) is 13.2 Å². The molecule has 2 aromatic carbocycles. The van der Waals surface area contributed by atoms with Gasteiger partial charge in [0.25, 0.3) is 0 Å². The summed E-state index contributed by atoms with van der Waals surface area (Å²) in [5.41, 5.74) is 2.28. The summed E-state index contributed by atoms with van der Waals surface area (Å²) in [5, 5.41) is 1.84. The van der Waals surface area contributed by atoms with Crippen molar-refractivity contribution in [1.82, 2.24) is 0 Å². The molecule has 0 aliphatic rings. The van der Waals surface area contributed by atoms with Crippen LogP contribution in [-0.2, 0) is 4.79 Å².